The highest BCUT2D eigenvalue weighted by Crippen LogP contribution is 2.41. The number of carbonyl (C=O) groups excluding carboxylic acids is 4. The predicted octanol–water partition coefficient (Wildman–Crippen LogP) is 18.2. The van der Waals surface area contributed by atoms with Crippen molar-refractivity contribution in [2.24, 2.45) is 33.2 Å². The molecule has 2 aliphatic heterocycles. The summed E-state index contributed by atoms with van der Waals surface area (Å²) in [5.41, 5.74) is 15.1. The molecule has 0 saturated carbocycles. The quantitative estimate of drug-likeness (QED) is 0.0698. The number of pyridine rings is 3. The maximum atomic E-state index is 12.9. The second kappa shape index (κ2) is 41.4. The lowest BCUT2D eigenvalue weighted by Crippen LogP contribution is -2.17. The van der Waals surface area contributed by atoms with Gasteiger partial charge in [0.25, 0.3) is 23.6 Å². The van der Waals surface area contributed by atoms with Crippen LogP contribution < -0.4 is 40.2 Å². The summed E-state index contributed by atoms with van der Waals surface area (Å²) in [5, 5.41) is 35.9. The lowest BCUT2D eigenvalue weighted by Gasteiger charge is -2.11. The summed E-state index contributed by atoms with van der Waals surface area (Å²) < 4.78 is 35.1. The molecule has 16 rings (SSSR count). The highest BCUT2D eigenvalue weighted by Gasteiger charge is 2.27. The number of nitrogens with one attached hydrogen (secondary N) is 4. The number of ether oxygens (including phenoxy) is 5. The van der Waals surface area contributed by atoms with Crippen molar-refractivity contribution in [1.82, 2.24) is 68.7 Å². The molecule has 0 unspecified atom stereocenters. The number of fused-ring (bicyclic) bond motifs is 4. The lowest BCUT2D eigenvalue weighted by atomic mass is 10.1. The number of amides is 4. The van der Waals surface area contributed by atoms with E-state index in [-0.39, 0.29) is 23.6 Å². The van der Waals surface area contributed by atoms with Gasteiger partial charge in [0, 0.05) is 156 Å². The van der Waals surface area contributed by atoms with Gasteiger partial charge in [-0.1, -0.05) is 114 Å². The summed E-state index contributed by atoms with van der Waals surface area (Å²) in [6, 6.07) is 22.8. The number of nitrogens with zero attached hydrogens (tertiary/aromatic N) is 15. The van der Waals surface area contributed by atoms with Crippen LogP contribution in [-0.2, 0) is 59.0 Å². The zero-order chi connectivity index (χ0) is 83.9. The van der Waals surface area contributed by atoms with Crippen LogP contribution in [0.15, 0.2) is 170 Å². The Morgan fingerprint density at radius 3 is 1.24 bits per heavy atom. The van der Waals surface area contributed by atoms with Gasteiger partial charge in [0.05, 0.1) is 111 Å². The smallest absolute Gasteiger partial charge is 0.276 e. The van der Waals surface area contributed by atoms with Crippen molar-refractivity contribution >= 4 is 116 Å². The zero-order valence-corrected chi connectivity index (χ0v) is 70.0. The van der Waals surface area contributed by atoms with E-state index in [2.05, 4.69) is 71.7 Å². The zero-order valence-electron chi connectivity index (χ0n) is 67.0. The topological polar surface area (TPSA) is 315 Å². The number of carbonyl (C=O) groups is 4. The number of hydrogen-bond acceptors (Lipinski definition) is 19. The summed E-state index contributed by atoms with van der Waals surface area (Å²) >= 11 is 24.6. The Kier molecular flexibility index (Phi) is 31.2. The summed E-state index contributed by atoms with van der Waals surface area (Å²) in [6.07, 6.45) is 28.8. The highest BCUT2D eigenvalue weighted by atomic mass is 35.5. The van der Waals surface area contributed by atoms with Crippen LogP contribution in [0.25, 0.3) is 56.6 Å². The Morgan fingerprint density at radius 2 is 0.802 bits per heavy atom. The SMILES string of the molecule is CC.CC.CC.CC.COc1ccc(Cl)cc1-c1nn(C)cc1NC(=O)c1cncc2c1C=CC2.COc1ccc(Cl)cc1-c1nn(C)cc1NC(=O)c1cncc2c1COC2.COc1ccc(Cl)cc1-c1nn(C)cc1NC(=O)c1cncc2c1N=CC2.COc1ccc(Cl)cc1-c1nn(C)cc1NC(=O)c1cncc2ccnn12. The number of rotatable bonds is 16. The summed E-state index contributed by atoms with van der Waals surface area (Å²) in [4.78, 5) is 72.4. The highest BCUT2D eigenvalue weighted by molar-refractivity contribution is 6.32. The maximum Gasteiger partial charge on any atom is 0.276 e. The molecule has 28 nitrogen and oxygen atoms in total. The Labute approximate surface area is 691 Å². The van der Waals surface area contributed by atoms with Crippen molar-refractivity contribution in [3.05, 3.63) is 236 Å². The molecule has 4 amide bonds. The number of aromatic nitrogens is 14. The monoisotopic (exact) mass is 1650 g/mol. The third kappa shape index (κ3) is 20.5. The van der Waals surface area contributed by atoms with Crippen LogP contribution in [0.2, 0.25) is 20.1 Å². The molecule has 0 radical (unpaired) electrons. The Bertz CT molecular complexity index is 5530. The van der Waals surface area contributed by atoms with Crippen LogP contribution in [0, 0.1) is 0 Å². The Morgan fingerprint density at radius 1 is 0.422 bits per heavy atom. The van der Waals surface area contributed by atoms with E-state index >= 15 is 0 Å². The Hall–Kier alpha value is -12.6. The minimum absolute atomic E-state index is 0.235. The van der Waals surface area contributed by atoms with Gasteiger partial charge >= 0.3 is 0 Å². The number of aliphatic imine (C=N–C) groups is 1. The number of halogens is 4. The summed E-state index contributed by atoms with van der Waals surface area (Å²) in [6.45, 7) is 16.9. The molecule has 4 aromatic carbocycles. The molecule has 13 aromatic rings. The molecule has 602 valence electrons. The van der Waals surface area contributed by atoms with E-state index < -0.39 is 0 Å². The van der Waals surface area contributed by atoms with Gasteiger partial charge in [0.2, 0.25) is 0 Å². The van der Waals surface area contributed by atoms with Crippen LogP contribution in [0.3, 0.4) is 0 Å². The molecule has 0 atom stereocenters. The van der Waals surface area contributed by atoms with Gasteiger partial charge in [-0.3, -0.25) is 62.8 Å². The van der Waals surface area contributed by atoms with Gasteiger partial charge in [0.1, 0.15) is 51.5 Å². The standard InChI is InChI=1S/C20H17ClN4O2.C19H16ClN5O2.C19H17ClN4O3.C18H15ClN6O2.4C2H6/c1-25-11-17(19(24-25)15-8-13(21)6-7-18(15)27-2)23-20(26)16-10-22-9-12-4-3-5-14(12)16;1-25-10-15(18(24-25)13-7-12(20)3-4-16(13)27-2)23-19(26)14-9-21-8-11-5-6-22-17(11)14;1-24-8-16(18(23-24)13-5-12(20)3-4-17(13)26-2)22-19(25)14-7-21-6-11-9-27-10-15(11)14;1-24-10-14(17(23-24)13-7-11(19)3-4-16(13)27-2)22-18(26)15-9-20-8-12-5-6-21-25(12)15;4*1-2/h3,5-11H,4H2,1-2H3,(H,23,26);3-4,6-10H,5H2,1-2H3,(H,23,26);3-8H,9-10H2,1-2H3,(H,22,25);3-10H,1-2H3,(H,22,26);4*1-2H3. The van der Waals surface area contributed by atoms with Crippen LogP contribution in [-0.4, -0.2) is 127 Å². The molecule has 0 spiro atoms. The molecule has 11 heterocycles. The predicted molar refractivity (Wildman–Crippen MR) is 457 cm³/mol. The van der Waals surface area contributed by atoms with Crippen molar-refractivity contribution in [3.63, 3.8) is 0 Å². The maximum absolute atomic E-state index is 12.9. The average molecular weight is 1650 g/mol. The molecule has 9 aromatic heterocycles. The summed E-state index contributed by atoms with van der Waals surface area (Å²) in [5.74, 6) is 1.30. The summed E-state index contributed by atoms with van der Waals surface area (Å²) in [7, 11) is 13.4. The molecule has 0 fully saturated rings. The molecule has 3 aliphatic rings. The molecule has 32 heteroatoms. The van der Waals surface area contributed by atoms with Crippen LogP contribution in [0.5, 0.6) is 23.0 Å². The average Bonchev–Trinajstić information content (AvgIpc) is 1.63. The molecule has 116 heavy (non-hydrogen) atoms. The van der Waals surface area contributed by atoms with Gasteiger partial charge in [-0.25, -0.2) is 4.52 Å². The number of methoxy groups -OCH3 is 4. The van der Waals surface area contributed by atoms with Crippen molar-refractivity contribution in [2.75, 3.05) is 49.7 Å². The third-order valence-corrected chi connectivity index (χ3v) is 18.1. The first-order chi connectivity index (χ1) is 56.3. The molecule has 0 saturated heterocycles. The number of hydrogen-bond donors (Lipinski definition) is 4. The van der Waals surface area contributed by atoms with Crippen LogP contribution >= 0.6 is 46.4 Å². The van der Waals surface area contributed by atoms with Gasteiger partial charge in [-0.05, 0) is 102 Å². The van der Waals surface area contributed by atoms with Gasteiger partial charge in [-0.2, -0.15) is 25.5 Å². The minimum atomic E-state index is -0.355. The fourth-order valence-electron chi connectivity index (χ4n) is 12.2. The molecule has 4 N–H and O–H groups in total. The first kappa shape index (κ1) is 87.4. The fourth-order valence-corrected chi connectivity index (χ4v) is 12.9. The fraction of sp³-hybridized carbons (Fsp3) is 0.238. The Balaban J connectivity index is 0.000000172. The van der Waals surface area contributed by atoms with E-state index in [1.54, 1.807) is 229 Å². The van der Waals surface area contributed by atoms with E-state index in [0.29, 0.717) is 159 Å². The van der Waals surface area contributed by atoms with Crippen molar-refractivity contribution in [1.29, 1.82) is 0 Å². The van der Waals surface area contributed by atoms with Crippen molar-refractivity contribution in [2.45, 2.75) is 81.4 Å². The van der Waals surface area contributed by atoms with Crippen molar-refractivity contribution < 1.29 is 42.9 Å². The molecule has 1 aliphatic carbocycles. The van der Waals surface area contributed by atoms with Gasteiger partial charge < -0.3 is 45.0 Å². The minimum Gasteiger partial charge on any atom is -0.496 e. The van der Waals surface area contributed by atoms with E-state index in [9.17, 15) is 19.2 Å². The van der Waals surface area contributed by atoms with Crippen LogP contribution in [0.1, 0.15) is 125 Å². The number of anilines is 4. The van der Waals surface area contributed by atoms with E-state index in [1.165, 1.54) is 16.9 Å². The molecule has 0 bridgehead atoms. The van der Waals surface area contributed by atoms with E-state index in [1.807, 2.05) is 67.5 Å². The van der Waals surface area contributed by atoms with E-state index in [4.69, 9.17) is 70.1 Å². The number of allylic oxidation sites excluding steroid dienone is 1. The molecular weight excluding hydrogens is 1560 g/mol. The second-order valence-electron chi connectivity index (χ2n) is 24.3. The lowest BCUT2D eigenvalue weighted by molar-refractivity contribution is 0.101. The molecular formula is C84H89Cl4N19O9. The van der Waals surface area contributed by atoms with Gasteiger partial charge in [-0.15, -0.1) is 0 Å². The third-order valence-electron chi connectivity index (χ3n) is 17.1. The van der Waals surface area contributed by atoms with Gasteiger partial charge in [0.15, 0.2) is 0 Å². The largest absolute Gasteiger partial charge is 0.496 e. The number of aryl methyl sites for hydroxylation is 4. The number of benzene rings is 4. The first-order valence-corrected chi connectivity index (χ1v) is 38.5. The normalized spacial score (nSPS) is 11.3. The van der Waals surface area contributed by atoms with Crippen LogP contribution in [0.4, 0.5) is 28.4 Å². The second-order valence-corrected chi connectivity index (χ2v) is 26.1. The van der Waals surface area contributed by atoms with Crippen molar-refractivity contribution in [3.8, 4) is 68.0 Å². The first-order valence-electron chi connectivity index (χ1n) is 37.0. The van der Waals surface area contributed by atoms with E-state index in [0.717, 1.165) is 39.8 Å².